The normalized spacial score (nSPS) is 16.7. The predicted octanol–water partition coefficient (Wildman–Crippen LogP) is 3.50. The highest BCUT2D eigenvalue weighted by Gasteiger charge is 2.24. The summed E-state index contributed by atoms with van der Waals surface area (Å²) < 4.78 is 33.0. The van der Waals surface area contributed by atoms with E-state index in [1.807, 2.05) is 0 Å². The molecule has 1 unspecified atom stereocenters. The smallest absolute Gasteiger partial charge is 0.306 e. The van der Waals surface area contributed by atoms with Crippen LogP contribution in [0.3, 0.4) is 0 Å². The fourth-order valence-electron chi connectivity index (χ4n) is 3.10. The molecule has 8 heteroatoms. The Hall–Kier alpha value is -2.09. The molecule has 6 nitrogen and oxygen atoms in total. The number of hydrogen-bond donors (Lipinski definition) is 0. The number of carbonyl (C=O) groups is 1. The summed E-state index contributed by atoms with van der Waals surface area (Å²) in [6.07, 6.45) is 2.88. The minimum atomic E-state index is -3.58. The van der Waals surface area contributed by atoms with E-state index in [-0.39, 0.29) is 17.8 Å². The average Bonchev–Trinajstić information content (AvgIpc) is 3.14. The Labute approximate surface area is 170 Å². The topological polar surface area (TPSA) is 72.9 Å². The van der Waals surface area contributed by atoms with Gasteiger partial charge < -0.3 is 13.8 Å². The molecule has 1 aliphatic rings. The molecule has 1 amide bonds. The van der Waals surface area contributed by atoms with Crippen molar-refractivity contribution in [2.45, 2.75) is 25.5 Å². The summed E-state index contributed by atoms with van der Waals surface area (Å²) in [6.45, 7) is 1.52. The van der Waals surface area contributed by atoms with Crippen LogP contribution >= 0.6 is 11.6 Å². The van der Waals surface area contributed by atoms with Gasteiger partial charge in [-0.25, -0.2) is 0 Å². The van der Waals surface area contributed by atoms with Gasteiger partial charge >= 0.3 is 10.1 Å². The summed E-state index contributed by atoms with van der Waals surface area (Å²) in [7, 11) is -3.58. The van der Waals surface area contributed by atoms with E-state index in [0.717, 1.165) is 24.7 Å². The number of amides is 1. The molecule has 1 atom stereocenters. The van der Waals surface area contributed by atoms with Gasteiger partial charge in [-0.15, -0.1) is 0 Å². The van der Waals surface area contributed by atoms with Gasteiger partial charge in [-0.2, -0.15) is 8.42 Å². The number of nitrogens with zero attached hydrogens (tertiary/aromatic N) is 1. The first kappa shape index (κ1) is 20.6. The van der Waals surface area contributed by atoms with Gasteiger partial charge in [-0.1, -0.05) is 35.9 Å². The predicted molar refractivity (Wildman–Crippen MR) is 107 cm³/mol. The summed E-state index contributed by atoms with van der Waals surface area (Å²) in [5.41, 5.74) is 1.29. The van der Waals surface area contributed by atoms with Gasteiger partial charge in [0.15, 0.2) is 0 Å². The Morgan fingerprint density at radius 3 is 2.54 bits per heavy atom. The third-order valence-electron chi connectivity index (χ3n) is 4.38. The van der Waals surface area contributed by atoms with Crippen LogP contribution in [0.5, 0.6) is 5.75 Å². The molecule has 2 aromatic carbocycles. The number of benzene rings is 2. The van der Waals surface area contributed by atoms with E-state index in [9.17, 15) is 13.2 Å². The van der Waals surface area contributed by atoms with Crippen molar-refractivity contribution >= 4 is 27.6 Å². The van der Waals surface area contributed by atoms with E-state index in [2.05, 4.69) is 0 Å². The van der Waals surface area contributed by atoms with E-state index in [0.29, 0.717) is 30.3 Å². The zero-order chi connectivity index (χ0) is 20.1. The number of rotatable bonds is 7. The second kappa shape index (κ2) is 8.94. The lowest BCUT2D eigenvalue weighted by Crippen LogP contribution is -2.37. The fourth-order valence-corrected chi connectivity index (χ4v) is 3.78. The van der Waals surface area contributed by atoms with Crippen molar-refractivity contribution in [2.24, 2.45) is 0 Å². The standard InChI is InChI=1S/C20H22ClNO5S/c1-28(24,25)27-16-10-8-15(9-11-16)13-22(14-17-5-4-12-26-17)20(23)18-6-2-3-7-19(18)21/h2-3,6-11,17H,4-5,12-14H2,1H3. The summed E-state index contributed by atoms with van der Waals surface area (Å²) >= 11 is 6.21. The number of ether oxygens (including phenoxy) is 1. The van der Waals surface area contributed by atoms with Crippen LogP contribution < -0.4 is 4.18 Å². The lowest BCUT2D eigenvalue weighted by molar-refractivity contribution is 0.0507. The first-order valence-electron chi connectivity index (χ1n) is 8.95. The van der Waals surface area contributed by atoms with Crippen molar-refractivity contribution in [3.05, 3.63) is 64.7 Å². The highest BCUT2D eigenvalue weighted by atomic mass is 35.5. The molecule has 1 aliphatic heterocycles. The van der Waals surface area contributed by atoms with Gasteiger partial charge in [0.05, 0.1) is 22.9 Å². The highest BCUT2D eigenvalue weighted by Crippen LogP contribution is 2.22. The highest BCUT2D eigenvalue weighted by molar-refractivity contribution is 7.86. The van der Waals surface area contributed by atoms with Gasteiger partial charge in [0.25, 0.3) is 5.91 Å². The first-order valence-corrected chi connectivity index (χ1v) is 11.1. The van der Waals surface area contributed by atoms with Crippen LogP contribution in [0.25, 0.3) is 0 Å². The zero-order valence-corrected chi connectivity index (χ0v) is 17.1. The van der Waals surface area contributed by atoms with E-state index in [1.165, 1.54) is 0 Å². The van der Waals surface area contributed by atoms with E-state index in [4.69, 9.17) is 20.5 Å². The maximum Gasteiger partial charge on any atom is 0.306 e. The largest absolute Gasteiger partial charge is 0.383 e. The molecule has 1 fully saturated rings. The van der Waals surface area contributed by atoms with Crippen molar-refractivity contribution < 1.29 is 22.1 Å². The number of halogens is 1. The van der Waals surface area contributed by atoms with Gasteiger partial charge in [0, 0.05) is 19.7 Å². The van der Waals surface area contributed by atoms with Crippen molar-refractivity contribution in [2.75, 3.05) is 19.4 Å². The summed E-state index contributed by atoms with van der Waals surface area (Å²) in [5.74, 6) is 0.0620. The fraction of sp³-hybridized carbons (Fsp3) is 0.350. The molecule has 1 saturated heterocycles. The molecule has 0 aromatic heterocycles. The number of carbonyl (C=O) groups excluding carboxylic acids is 1. The Bertz CT molecular complexity index is 924. The maximum atomic E-state index is 13.1. The van der Waals surface area contributed by atoms with Crippen LogP contribution in [0.2, 0.25) is 5.02 Å². The Balaban J connectivity index is 1.78. The molecule has 2 aromatic rings. The Morgan fingerprint density at radius 1 is 1.21 bits per heavy atom. The molecule has 0 radical (unpaired) electrons. The summed E-state index contributed by atoms with van der Waals surface area (Å²) in [6, 6.07) is 13.6. The van der Waals surface area contributed by atoms with E-state index in [1.54, 1.807) is 53.4 Å². The molecule has 28 heavy (non-hydrogen) atoms. The second-order valence-electron chi connectivity index (χ2n) is 6.73. The molecule has 150 valence electrons. The van der Waals surface area contributed by atoms with Crippen LogP contribution in [-0.2, 0) is 21.4 Å². The molecular weight excluding hydrogens is 402 g/mol. The number of hydrogen-bond acceptors (Lipinski definition) is 5. The van der Waals surface area contributed by atoms with Crippen LogP contribution in [-0.4, -0.2) is 44.7 Å². The first-order chi connectivity index (χ1) is 13.3. The minimum absolute atomic E-state index is 0.000668. The van der Waals surface area contributed by atoms with Gasteiger partial charge in [-0.3, -0.25) is 4.79 Å². The van der Waals surface area contributed by atoms with Gasteiger partial charge in [-0.05, 0) is 42.7 Å². The molecule has 0 N–H and O–H groups in total. The van der Waals surface area contributed by atoms with Gasteiger partial charge in [0.2, 0.25) is 0 Å². The SMILES string of the molecule is CS(=O)(=O)Oc1ccc(CN(CC2CCCO2)C(=O)c2ccccc2Cl)cc1. The van der Waals surface area contributed by atoms with Crippen LogP contribution in [0.4, 0.5) is 0 Å². The Morgan fingerprint density at radius 2 is 1.93 bits per heavy atom. The molecule has 3 rings (SSSR count). The monoisotopic (exact) mass is 423 g/mol. The zero-order valence-electron chi connectivity index (χ0n) is 15.5. The van der Waals surface area contributed by atoms with E-state index < -0.39 is 10.1 Å². The van der Waals surface area contributed by atoms with Crippen LogP contribution in [0, 0.1) is 0 Å². The molecule has 0 bridgehead atoms. The molecule has 0 spiro atoms. The van der Waals surface area contributed by atoms with Crippen LogP contribution in [0.1, 0.15) is 28.8 Å². The third kappa shape index (κ3) is 5.70. The molecule has 0 saturated carbocycles. The van der Waals surface area contributed by atoms with E-state index >= 15 is 0 Å². The summed E-state index contributed by atoms with van der Waals surface area (Å²) in [5, 5.41) is 0.404. The van der Waals surface area contributed by atoms with Crippen LogP contribution in [0.15, 0.2) is 48.5 Å². The van der Waals surface area contributed by atoms with Crippen molar-refractivity contribution in [1.29, 1.82) is 0 Å². The lowest BCUT2D eigenvalue weighted by atomic mass is 10.1. The average molecular weight is 424 g/mol. The van der Waals surface area contributed by atoms with Crippen molar-refractivity contribution in [1.82, 2.24) is 4.90 Å². The summed E-state index contributed by atoms with van der Waals surface area (Å²) in [4.78, 5) is 14.8. The lowest BCUT2D eigenvalue weighted by Gasteiger charge is -2.26. The molecule has 0 aliphatic carbocycles. The van der Waals surface area contributed by atoms with Gasteiger partial charge in [0.1, 0.15) is 5.75 Å². The van der Waals surface area contributed by atoms with Crippen molar-refractivity contribution in [3.63, 3.8) is 0 Å². The minimum Gasteiger partial charge on any atom is -0.383 e. The maximum absolute atomic E-state index is 13.1. The Kier molecular flexibility index (Phi) is 6.59. The quantitative estimate of drug-likeness (QED) is 0.637. The second-order valence-corrected chi connectivity index (χ2v) is 8.71. The van der Waals surface area contributed by atoms with Crippen molar-refractivity contribution in [3.8, 4) is 5.75 Å². The molecule has 1 heterocycles. The third-order valence-corrected chi connectivity index (χ3v) is 5.21. The molecular formula is C20H22ClNO5S.